The fraction of sp³-hybridized carbons (Fsp3) is 0.370. The minimum atomic E-state index is -0.384. The summed E-state index contributed by atoms with van der Waals surface area (Å²) in [6, 6.07) is 17.8. The number of thioether (sulfide) groups is 1. The molecule has 3 aromatic rings. The molecule has 1 aromatic heterocycles. The number of amides is 1. The molecule has 2 aliphatic rings. The lowest BCUT2D eigenvalue weighted by molar-refractivity contribution is -0.116. The standard InChI is InChI=1S/C27H30N4O3S/c1-2-17-30-26(24-18-33-22-15-9-10-16-23(22)34-24)28-29-27(30)35-19-25(32)31(20-11-5-3-6-12-20)21-13-7-4-8-14-21/h2-3,5-6,9-12,15-16,21,24H,1,4,7-8,13-14,17-19H2. The molecule has 1 amide bonds. The van der Waals surface area contributed by atoms with E-state index in [1.54, 1.807) is 6.08 Å². The van der Waals surface area contributed by atoms with Crippen LogP contribution in [0, 0.1) is 0 Å². The number of carbonyl (C=O) groups is 1. The summed E-state index contributed by atoms with van der Waals surface area (Å²) in [6.07, 6.45) is 7.08. The van der Waals surface area contributed by atoms with Crippen LogP contribution >= 0.6 is 11.8 Å². The summed E-state index contributed by atoms with van der Waals surface area (Å²) >= 11 is 1.41. The van der Waals surface area contributed by atoms with Gasteiger partial charge in [0.25, 0.3) is 0 Å². The van der Waals surface area contributed by atoms with Crippen LogP contribution in [0.15, 0.2) is 72.4 Å². The monoisotopic (exact) mass is 490 g/mol. The fourth-order valence-electron chi connectivity index (χ4n) is 4.77. The van der Waals surface area contributed by atoms with Crippen molar-refractivity contribution in [3.05, 3.63) is 73.1 Å². The second-order valence-electron chi connectivity index (χ2n) is 8.78. The molecule has 35 heavy (non-hydrogen) atoms. The van der Waals surface area contributed by atoms with Crippen LogP contribution in [0.4, 0.5) is 5.69 Å². The second kappa shape index (κ2) is 11.0. The molecule has 182 valence electrons. The summed E-state index contributed by atoms with van der Waals surface area (Å²) in [5.74, 6) is 2.45. The fourth-order valence-corrected chi connectivity index (χ4v) is 5.59. The number of rotatable bonds is 8. The zero-order chi connectivity index (χ0) is 24.0. The zero-order valence-corrected chi connectivity index (χ0v) is 20.5. The van der Waals surface area contributed by atoms with Crippen LogP contribution in [0.2, 0.25) is 0 Å². The van der Waals surface area contributed by atoms with Crippen molar-refractivity contribution >= 4 is 23.4 Å². The number of allylic oxidation sites excluding steroid dienone is 1. The minimum absolute atomic E-state index is 0.0916. The number of hydrogen-bond donors (Lipinski definition) is 0. The third-order valence-corrected chi connectivity index (χ3v) is 7.37. The van der Waals surface area contributed by atoms with Gasteiger partial charge in [-0.2, -0.15) is 0 Å². The van der Waals surface area contributed by atoms with Gasteiger partial charge in [0.05, 0.1) is 5.75 Å². The molecule has 8 heteroatoms. The highest BCUT2D eigenvalue weighted by molar-refractivity contribution is 7.99. The summed E-state index contributed by atoms with van der Waals surface area (Å²) in [5.41, 5.74) is 0.963. The molecule has 1 aliphatic heterocycles. The van der Waals surface area contributed by atoms with E-state index >= 15 is 0 Å². The quantitative estimate of drug-likeness (QED) is 0.310. The van der Waals surface area contributed by atoms with E-state index < -0.39 is 0 Å². The molecule has 7 nitrogen and oxygen atoms in total. The van der Waals surface area contributed by atoms with Gasteiger partial charge in [-0.3, -0.25) is 9.36 Å². The average Bonchev–Trinajstić information content (AvgIpc) is 3.31. The largest absolute Gasteiger partial charge is 0.485 e. The number of para-hydroxylation sites is 3. The number of hydrogen-bond acceptors (Lipinski definition) is 6. The molecule has 0 saturated heterocycles. The molecule has 5 rings (SSSR count). The topological polar surface area (TPSA) is 69.5 Å². The molecule has 1 unspecified atom stereocenters. The van der Waals surface area contributed by atoms with E-state index in [0.717, 1.165) is 37.1 Å². The summed E-state index contributed by atoms with van der Waals surface area (Å²) in [6.45, 7) is 4.76. The van der Waals surface area contributed by atoms with E-state index in [2.05, 4.69) is 16.8 Å². The zero-order valence-electron chi connectivity index (χ0n) is 19.7. The summed E-state index contributed by atoms with van der Waals surface area (Å²) in [4.78, 5) is 15.5. The molecule has 2 heterocycles. The van der Waals surface area contributed by atoms with E-state index in [-0.39, 0.29) is 23.8 Å². The number of anilines is 1. The Bertz CT molecular complexity index is 1160. The molecule has 0 N–H and O–H groups in total. The van der Waals surface area contributed by atoms with Crippen molar-refractivity contribution in [1.29, 1.82) is 0 Å². The van der Waals surface area contributed by atoms with Crippen molar-refractivity contribution < 1.29 is 14.3 Å². The van der Waals surface area contributed by atoms with Crippen LogP contribution < -0.4 is 14.4 Å². The predicted octanol–water partition coefficient (Wildman–Crippen LogP) is 5.43. The Hall–Kier alpha value is -3.26. The van der Waals surface area contributed by atoms with Gasteiger partial charge >= 0.3 is 0 Å². The lowest BCUT2D eigenvalue weighted by Crippen LogP contribution is -2.42. The maximum absolute atomic E-state index is 13.5. The Morgan fingerprint density at radius 1 is 1.06 bits per heavy atom. The first-order valence-electron chi connectivity index (χ1n) is 12.2. The molecule has 0 spiro atoms. The molecule has 1 saturated carbocycles. The molecule has 1 aliphatic carbocycles. The molecule has 0 radical (unpaired) electrons. The van der Waals surface area contributed by atoms with Crippen molar-refractivity contribution in [2.45, 2.75) is 56.0 Å². The van der Waals surface area contributed by atoms with Crippen molar-refractivity contribution in [3.63, 3.8) is 0 Å². The third kappa shape index (κ3) is 5.22. The smallest absolute Gasteiger partial charge is 0.237 e. The Morgan fingerprint density at radius 2 is 1.80 bits per heavy atom. The van der Waals surface area contributed by atoms with Gasteiger partial charge in [0.1, 0.15) is 6.61 Å². The first kappa shape index (κ1) is 23.5. The summed E-state index contributed by atoms with van der Waals surface area (Å²) in [5, 5.41) is 9.49. The molecule has 1 atom stereocenters. The van der Waals surface area contributed by atoms with E-state index in [4.69, 9.17) is 9.47 Å². The number of carbonyl (C=O) groups excluding carboxylic acids is 1. The first-order valence-corrected chi connectivity index (χ1v) is 13.2. The van der Waals surface area contributed by atoms with Gasteiger partial charge in [-0.15, -0.1) is 16.8 Å². The van der Waals surface area contributed by atoms with Crippen LogP contribution in [0.5, 0.6) is 11.5 Å². The highest BCUT2D eigenvalue weighted by Gasteiger charge is 2.30. The Morgan fingerprint density at radius 3 is 2.57 bits per heavy atom. The number of fused-ring (bicyclic) bond motifs is 1. The highest BCUT2D eigenvalue weighted by atomic mass is 32.2. The minimum Gasteiger partial charge on any atom is -0.485 e. The van der Waals surface area contributed by atoms with E-state index in [1.165, 1.54) is 18.2 Å². The predicted molar refractivity (Wildman–Crippen MR) is 137 cm³/mol. The maximum Gasteiger partial charge on any atom is 0.237 e. The molecule has 2 aromatic carbocycles. The lowest BCUT2D eigenvalue weighted by atomic mass is 9.93. The molecular formula is C27H30N4O3S. The van der Waals surface area contributed by atoms with Crippen molar-refractivity contribution in [2.24, 2.45) is 0 Å². The normalized spacial score (nSPS) is 17.7. The first-order chi connectivity index (χ1) is 17.2. The van der Waals surface area contributed by atoms with Crippen molar-refractivity contribution in [1.82, 2.24) is 14.8 Å². The lowest BCUT2D eigenvalue weighted by Gasteiger charge is -2.34. The number of benzene rings is 2. The Labute approximate surface area is 210 Å². The van der Waals surface area contributed by atoms with Crippen LogP contribution in [0.1, 0.15) is 44.0 Å². The van der Waals surface area contributed by atoms with Crippen molar-refractivity contribution in [2.75, 3.05) is 17.3 Å². The summed E-state index contributed by atoms with van der Waals surface area (Å²) < 4.78 is 14.0. The summed E-state index contributed by atoms with van der Waals surface area (Å²) in [7, 11) is 0. The van der Waals surface area contributed by atoms with E-state index in [9.17, 15) is 4.79 Å². The third-order valence-electron chi connectivity index (χ3n) is 6.42. The second-order valence-corrected chi connectivity index (χ2v) is 9.73. The van der Waals surface area contributed by atoms with E-state index in [0.29, 0.717) is 29.9 Å². The number of ether oxygens (including phenoxy) is 2. The van der Waals surface area contributed by atoms with Crippen LogP contribution in [0.25, 0.3) is 0 Å². The molecular weight excluding hydrogens is 460 g/mol. The van der Waals surface area contributed by atoms with E-state index in [1.807, 2.05) is 64.1 Å². The number of aromatic nitrogens is 3. The van der Waals surface area contributed by atoms with Crippen LogP contribution in [-0.2, 0) is 11.3 Å². The van der Waals surface area contributed by atoms with Gasteiger partial charge in [0.15, 0.2) is 28.6 Å². The highest BCUT2D eigenvalue weighted by Crippen LogP contribution is 2.36. The van der Waals surface area contributed by atoms with Gasteiger partial charge in [-0.05, 0) is 37.1 Å². The maximum atomic E-state index is 13.5. The Balaban J connectivity index is 1.33. The van der Waals surface area contributed by atoms with Crippen LogP contribution in [0.3, 0.4) is 0 Å². The average molecular weight is 491 g/mol. The molecule has 0 bridgehead atoms. The number of nitrogens with zero attached hydrogens (tertiary/aromatic N) is 4. The van der Waals surface area contributed by atoms with Crippen LogP contribution in [-0.4, -0.2) is 39.1 Å². The van der Waals surface area contributed by atoms with Gasteiger partial charge in [-0.25, -0.2) is 0 Å². The van der Waals surface area contributed by atoms with Gasteiger partial charge in [0.2, 0.25) is 5.91 Å². The van der Waals surface area contributed by atoms with Gasteiger partial charge < -0.3 is 14.4 Å². The Kier molecular flexibility index (Phi) is 7.37. The SMILES string of the molecule is C=CCn1c(SCC(=O)N(c2ccccc2)C2CCCCC2)nnc1C1COc2ccccc2O1. The molecule has 1 fully saturated rings. The van der Waals surface area contributed by atoms with Gasteiger partial charge in [0, 0.05) is 18.3 Å². The van der Waals surface area contributed by atoms with Crippen molar-refractivity contribution in [3.8, 4) is 11.5 Å². The van der Waals surface area contributed by atoms with Gasteiger partial charge in [-0.1, -0.05) is 67.4 Å².